The number of aromatic nitrogens is 1. The van der Waals surface area contributed by atoms with Crippen LogP contribution in [0.25, 0.3) is 0 Å². The molecule has 0 bridgehead atoms. The third-order valence-corrected chi connectivity index (χ3v) is 3.49. The maximum absolute atomic E-state index is 13.7. The monoisotopic (exact) mass is 266 g/mol. The molecule has 1 unspecified atom stereocenters. The van der Waals surface area contributed by atoms with E-state index in [9.17, 15) is 4.39 Å². The molecule has 0 radical (unpaired) electrons. The van der Waals surface area contributed by atoms with E-state index in [1.165, 1.54) is 6.07 Å². The van der Waals surface area contributed by atoms with Crippen LogP contribution in [0.1, 0.15) is 24.2 Å². The van der Waals surface area contributed by atoms with Gasteiger partial charge in [0.1, 0.15) is 5.82 Å². The molecule has 4 heteroatoms. The highest BCUT2D eigenvalue weighted by atomic mass is 35.5. The summed E-state index contributed by atoms with van der Waals surface area (Å²) < 4.78 is 15.7. The van der Waals surface area contributed by atoms with E-state index >= 15 is 0 Å². The van der Waals surface area contributed by atoms with E-state index < -0.39 is 0 Å². The van der Waals surface area contributed by atoms with Gasteiger partial charge in [-0.1, -0.05) is 17.7 Å². The second-order valence-electron chi connectivity index (χ2n) is 4.27. The maximum atomic E-state index is 13.7. The second-order valence-corrected chi connectivity index (χ2v) is 4.68. The van der Waals surface area contributed by atoms with Gasteiger partial charge >= 0.3 is 0 Å². The summed E-state index contributed by atoms with van der Waals surface area (Å²) in [7, 11) is 1.90. The number of benzene rings is 1. The molecule has 2 nitrogen and oxygen atoms in total. The van der Waals surface area contributed by atoms with Gasteiger partial charge in [0.05, 0.1) is 6.54 Å². The first-order valence-corrected chi connectivity index (χ1v) is 6.26. The zero-order valence-electron chi connectivity index (χ0n) is 10.5. The Morgan fingerprint density at radius 1 is 1.33 bits per heavy atom. The topological polar surface area (TPSA) is 17.0 Å². The first-order valence-electron chi connectivity index (χ1n) is 5.88. The Morgan fingerprint density at radius 2 is 2.11 bits per heavy atom. The van der Waals surface area contributed by atoms with Crippen molar-refractivity contribution >= 4 is 11.6 Å². The standard InChI is InChI=1S/C14H16ClFN2/c1-10(17-2)14-7-4-8-18(14)9-11-12(15)5-3-6-13(11)16/h3-8,10,17H,9H2,1-2H3. The molecule has 2 aromatic rings. The van der Waals surface area contributed by atoms with E-state index in [0.717, 1.165) is 5.69 Å². The summed E-state index contributed by atoms with van der Waals surface area (Å²) >= 11 is 6.04. The number of hydrogen-bond donors (Lipinski definition) is 1. The third-order valence-electron chi connectivity index (χ3n) is 3.13. The SMILES string of the molecule is CNC(C)c1cccn1Cc1c(F)cccc1Cl. The summed E-state index contributed by atoms with van der Waals surface area (Å²) in [4.78, 5) is 0. The fourth-order valence-corrected chi connectivity index (χ4v) is 2.19. The first kappa shape index (κ1) is 13.1. The van der Waals surface area contributed by atoms with Gasteiger partial charge in [-0.05, 0) is 38.2 Å². The van der Waals surface area contributed by atoms with Crippen LogP contribution in [-0.4, -0.2) is 11.6 Å². The molecular weight excluding hydrogens is 251 g/mol. The quantitative estimate of drug-likeness (QED) is 0.895. The largest absolute Gasteiger partial charge is 0.345 e. The van der Waals surface area contributed by atoms with Crippen molar-refractivity contribution in [1.82, 2.24) is 9.88 Å². The van der Waals surface area contributed by atoms with E-state index in [-0.39, 0.29) is 11.9 Å². The highest BCUT2D eigenvalue weighted by Gasteiger charge is 2.12. The van der Waals surface area contributed by atoms with Gasteiger partial charge in [0.15, 0.2) is 0 Å². The molecule has 96 valence electrons. The number of rotatable bonds is 4. The van der Waals surface area contributed by atoms with Crippen molar-refractivity contribution in [1.29, 1.82) is 0 Å². The van der Waals surface area contributed by atoms with Crippen molar-refractivity contribution in [2.75, 3.05) is 7.05 Å². The first-order chi connectivity index (χ1) is 8.63. The third kappa shape index (κ3) is 2.57. The molecule has 0 amide bonds. The smallest absolute Gasteiger partial charge is 0.129 e. The zero-order chi connectivity index (χ0) is 13.1. The Balaban J connectivity index is 2.32. The summed E-state index contributed by atoms with van der Waals surface area (Å²) in [5, 5.41) is 3.64. The van der Waals surface area contributed by atoms with Gasteiger partial charge < -0.3 is 9.88 Å². The van der Waals surface area contributed by atoms with Crippen LogP contribution in [0.4, 0.5) is 4.39 Å². The molecule has 1 aromatic carbocycles. The lowest BCUT2D eigenvalue weighted by molar-refractivity contribution is 0.567. The predicted molar refractivity (Wildman–Crippen MR) is 72.4 cm³/mol. The molecule has 0 spiro atoms. The Bertz CT molecular complexity index is 516. The molecule has 0 aliphatic heterocycles. The van der Waals surface area contributed by atoms with Gasteiger partial charge in [-0.2, -0.15) is 0 Å². The summed E-state index contributed by atoms with van der Waals surface area (Å²) in [6.45, 7) is 2.51. The average Bonchev–Trinajstić information content (AvgIpc) is 2.81. The minimum absolute atomic E-state index is 0.213. The van der Waals surface area contributed by atoms with Crippen molar-refractivity contribution in [2.24, 2.45) is 0 Å². The minimum Gasteiger partial charge on any atom is -0.345 e. The van der Waals surface area contributed by atoms with E-state index in [2.05, 4.69) is 12.2 Å². The fraction of sp³-hybridized carbons (Fsp3) is 0.286. The van der Waals surface area contributed by atoms with Crippen molar-refractivity contribution in [3.8, 4) is 0 Å². The van der Waals surface area contributed by atoms with E-state index in [1.54, 1.807) is 12.1 Å². The number of halogens is 2. The lowest BCUT2D eigenvalue weighted by atomic mass is 10.2. The highest BCUT2D eigenvalue weighted by Crippen LogP contribution is 2.22. The molecule has 1 aromatic heterocycles. The number of nitrogens with zero attached hydrogens (tertiary/aromatic N) is 1. The van der Waals surface area contributed by atoms with Gasteiger partial charge in [0.25, 0.3) is 0 Å². The fourth-order valence-electron chi connectivity index (χ4n) is 1.97. The molecule has 0 fully saturated rings. The highest BCUT2D eigenvalue weighted by molar-refractivity contribution is 6.31. The maximum Gasteiger partial charge on any atom is 0.129 e. The molecule has 1 atom stereocenters. The predicted octanol–water partition coefficient (Wildman–Crippen LogP) is 3.61. The molecule has 0 aliphatic rings. The van der Waals surface area contributed by atoms with E-state index in [0.29, 0.717) is 17.1 Å². The number of nitrogens with one attached hydrogen (secondary N) is 1. The van der Waals surface area contributed by atoms with Crippen LogP contribution >= 0.6 is 11.6 Å². The van der Waals surface area contributed by atoms with Gasteiger partial charge in [0, 0.05) is 28.5 Å². The van der Waals surface area contributed by atoms with Gasteiger partial charge in [-0.25, -0.2) is 4.39 Å². The van der Waals surface area contributed by atoms with Crippen molar-refractivity contribution < 1.29 is 4.39 Å². The van der Waals surface area contributed by atoms with Crippen LogP contribution in [-0.2, 0) is 6.54 Å². The molecule has 1 N–H and O–H groups in total. The Labute approximate surface area is 111 Å². The van der Waals surface area contributed by atoms with Crippen LogP contribution in [0, 0.1) is 5.82 Å². The molecule has 0 saturated carbocycles. The van der Waals surface area contributed by atoms with Crippen LogP contribution < -0.4 is 5.32 Å². The summed E-state index contributed by atoms with van der Waals surface area (Å²) in [5.41, 5.74) is 1.64. The minimum atomic E-state index is -0.265. The normalized spacial score (nSPS) is 12.7. The van der Waals surface area contributed by atoms with Gasteiger partial charge in [-0.15, -0.1) is 0 Å². The van der Waals surface area contributed by atoms with Crippen LogP contribution in [0.3, 0.4) is 0 Å². The lowest BCUT2D eigenvalue weighted by Crippen LogP contribution is -2.17. The second kappa shape index (κ2) is 5.55. The molecule has 0 aliphatic carbocycles. The van der Waals surface area contributed by atoms with E-state index in [1.807, 2.05) is 29.9 Å². The van der Waals surface area contributed by atoms with Crippen molar-refractivity contribution in [3.63, 3.8) is 0 Å². The van der Waals surface area contributed by atoms with Crippen LogP contribution in [0.15, 0.2) is 36.5 Å². The number of hydrogen-bond acceptors (Lipinski definition) is 1. The van der Waals surface area contributed by atoms with Crippen molar-refractivity contribution in [2.45, 2.75) is 19.5 Å². The molecule has 2 rings (SSSR count). The molecule has 18 heavy (non-hydrogen) atoms. The van der Waals surface area contributed by atoms with E-state index in [4.69, 9.17) is 11.6 Å². The Hall–Kier alpha value is -1.32. The average molecular weight is 267 g/mol. The van der Waals surface area contributed by atoms with Crippen LogP contribution in [0.2, 0.25) is 5.02 Å². The van der Waals surface area contributed by atoms with Gasteiger partial charge in [0.2, 0.25) is 0 Å². The zero-order valence-corrected chi connectivity index (χ0v) is 11.2. The van der Waals surface area contributed by atoms with Crippen LogP contribution in [0.5, 0.6) is 0 Å². The summed E-state index contributed by atoms with van der Waals surface area (Å²) in [6, 6.07) is 8.96. The molecule has 1 heterocycles. The molecule has 0 saturated heterocycles. The Kier molecular flexibility index (Phi) is 4.04. The van der Waals surface area contributed by atoms with Gasteiger partial charge in [-0.3, -0.25) is 0 Å². The lowest BCUT2D eigenvalue weighted by Gasteiger charge is -2.16. The molecular formula is C14H16ClFN2. The van der Waals surface area contributed by atoms with Crippen molar-refractivity contribution in [3.05, 3.63) is 58.6 Å². The summed E-state index contributed by atoms with van der Waals surface area (Å²) in [6.07, 6.45) is 1.94. The Morgan fingerprint density at radius 3 is 2.78 bits per heavy atom. The summed E-state index contributed by atoms with van der Waals surface area (Å²) in [5.74, 6) is -0.265.